The second-order valence-electron chi connectivity index (χ2n) is 8.16. The van der Waals surface area contributed by atoms with Gasteiger partial charge in [-0.25, -0.2) is 4.79 Å². The van der Waals surface area contributed by atoms with E-state index < -0.39 is 23.9 Å². The lowest BCUT2D eigenvalue weighted by Gasteiger charge is -2.17. The number of methoxy groups -OCH3 is 3. The molecule has 178 valence electrons. The van der Waals surface area contributed by atoms with Crippen molar-refractivity contribution in [1.82, 2.24) is 5.32 Å². The van der Waals surface area contributed by atoms with Gasteiger partial charge in [0, 0.05) is 29.3 Å². The van der Waals surface area contributed by atoms with Gasteiger partial charge in [0.2, 0.25) is 5.91 Å². The van der Waals surface area contributed by atoms with Gasteiger partial charge in [0.25, 0.3) is 5.91 Å². The van der Waals surface area contributed by atoms with Gasteiger partial charge in [-0.3, -0.25) is 9.59 Å². The normalized spacial score (nSPS) is 10.7. The summed E-state index contributed by atoms with van der Waals surface area (Å²) in [5.41, 5.74) is 0.771. The van der Waals surface area contributed by atoms with Crippen molar-refractivity contribution < 1.29 is 33.3 Å². The number of carbonyl (C=O) groups excluding carboxylic acids is 3. The van der Waals surface area contributed by atoms with Gasteiger partial charge in [-0.2, -0.15) is 0 Å². The summed E-state index contributed by atoms with van der Waals surface area (Å²) >= 11 is 0. The summed E-state index contributed by atoms with van der Waals surface area (Å²) in [6.45, 7) is 5.03. The lowest BCUT2D eigenvalue weighted by Crippen LogP contribution is -2.29. The summed E-state index contributed by atoms with van der Waals surface area (Å²) in [4.78, 5) is 36.7. The molecule has 0 saturated carbocycles. The van der Waals surface area contributed by atoms with Gasteiger partial charge in [0.15, 0.2) is 18.1 Å². The average Bonchev–Trinajstić information content (AvgIpc) is 2.79. The SMILES string of the molecule is COc1cc(OC)c(OC)cc1CNC(=O)COC(=O)c1cccc(NC(=O)C(C)(C)C)c1. The number of esters is 1. The summed E-state index contributed by atoms with van der Waals surface area (Å²) in [6.07, 6.45) is 0. The molecule has 0 radical (unpaired) electrons. The third-order valence-electron chi connectivity index (χ3n) is 4.63. The van der Waals surface area contributed by atoms with Gasteiger partial charge < -0.3 is 29.6 Å². The first-order valence-corrected chi connectivity index (χ1v) is 10.2. The van der Waals surface area contributed by atoms with Crippen LogP contribution in [-0.2, 0) is 20.9 Å². The van der Waals surface area contributed by atoms with E-state index in [1.54, 1.807) is 51.1 Å². The van der Waals surface area contributed by atoms with E-state index >= 15 is 0 Å². The Labute approximate surface area is 193 Å². The molecule has 9 nitrogen and oxygen atoms in total. The van der Waals surface area contributed by atoms with Crippen LogP contribution in [0.15, 0.2) is 36.4 Å². The molecule has 9 heteroatoms. The monoisotopic (exact) mass is 458 g/mol. The summed E-state index contributed by atoms with van der Waals surface area (Å²) in [7, 11) is 4.53. The van der Waals surface area contributed by atoms with Crippen LogP contribution in [0.1, 0.15) is 36.7 Å². The molecule has 0 saturated heterocycles. The predicted octanol–water partition coefficient (Wildman–Crippen LogP) is 3.17. The highest BCUT2D eigenvalue weighted by molar-refractivity contribution is 5.97. The molecule has 2 N–H and O–H groups in total. The first kappa shape index (κ1) is 25.5. The Morgan fingerprint density at radius 3 is 2.12 bits per heavy atom. The zero-order valence-electron chi connectivity index (χ0n) is 19.7. The van der Waals surface area contributed by atoms with Gasteiger partial charge in [0.05, 0.1) is 26.9 Å². The van der Waals surface area contributed by atoms with Gasteiger partial charge in [-0.1, -0.05) is 26.8 Å². The van der Waals surface area contributed by atoms with Crippen molar-refractivity contribution in [1.29, 1.82) is 0 Å². The van der Waals surface area contributed by atoms with Crippen LogP contribution in [0.5, 0.6) is 17.2 Å². The third-order valence-corrected chi connectivity index (χ3v) is 4.63. The molecule has 2 amide bonds. The van der Waals surface area contributed by atoms with Crippen molar-refractivity contribution in [2.75, 3.05) is 33.3 Å². The van der Waals surface area contributed by atoms with Crippen LogP contribution >= 0.6 is 0 Å². The molecule has 0 heterocycles. The highest BCUT2D eigenvalue weighted by Gasteiger charge is 2.21. The minimum atomic E-state index is -0.680. The number of nitrogens with one attached hydrogen (secondary N) is 2. The maximum absolute atomic E-state index is 12.3. The quantitative estimate of drug-likeness (QED) is 0.555. The number of amides is 2. The van der Waals surface area contributed by atoms with Crippen LogP contribution in [0, 0.1) is 5.41 Å². The lowest BCUT2D eigenvalue weighted by atomic mass is 9.95. The summed E-state index contributed by atoms with van der Waals surface area (Å²) in [6, 6.07) is 9.69. The first-order valence-electron chi connectivity index (χ1n) is 10.2. The van der Waals surface area contributed by atoms with Gasteiger partial charge >= 0.3 is 5.97 Å². The van der Waals surface area contributed by atoms with Crippen molar-refractivity contribution >= 4 is 23.5 Å². The Hall–Kier alpha value is -3.75. The van der Waals surface area contributed by atoms with Gasteiger partial charge in [0.1, 0.15) is 5.75 Å². The zero-order chi connectivity index (χ0) is 24.6. The number of hydrogen-bond donors (Lipinski definition) is 2. The van der Waals surface area contributed by atoms with Crippen molar-refractivity contribution in [2.45, 2.75) is 27.3 Å². The Morgan fingerprint density at radius 1 is 0.879 bits per heavy atom. The highest BCUT2D eigenvalue weighted by Crippen LogP contribution is 2.34. The Bertz CT molecular complexity index is 1010. The van der Waals surface area contributed by atoms with Gasteiger partial charge in [-0.15, -0.1) is 0 Å². The summed E-state index contributed by atoms with van der Waals surface area (Å²) in [5.74, 6) is 0.154. The van der Waals surface area contributed by atoms with Crippen LogP contribution in [0.4, 0.5) is 5.69 Å². The van der Waals surface area contributed by atoms with E-state index in [2.05, 4.69) is 10.6 Å². The number of carbonyl (C=O) groups is 3. The lowest BCUT2D eigenvalue weighted by molar-refractivity contribution is -0.124. The molecule has 0 unspecified atom stereocenters. The number of rotatable bonds is 9. The second-order valence-corrected chi connectivity index (χ2v) is 8.16. The van der Waals surface area contributed by atoms with Gasteiger partial charge in [-0.05, 0) is 24.3 Å². The van der Waals surface area contributed by atoms with E-state index in [4.69, 9.17) is 18.9 Å². The van der Waals surface area contributed by atoms with E-state index in [-0.39, 0.29) is 18.0 Å². The molecule has 2 aromatic carbocycles. The first-order chi connectivity index (χ1) is 15.6. The Kier molecular flexibility index (Phi) is 8.67. The van der Waals surface area contributed by atoms with E-state index in [0.717, 1.165) is 0 Å². The van der Waals surface area contributed by atoms with Crippen molar-refractivity contribution in [3.8, 4) is 17.2 Å². The summed E-state index contributed by atoms with van der Waals surface area (Å²) in [5, 5.41) is 5.43. The number of benzene rings is 2. The molecule has 0 fully saturated rings. The molecule has 2 rings (SSSR count). The fraction of sp³-hybridized carbons (Fsp3) is 0.375. The van der Waals surface area contributed by atoms with Crippen LogP contribution < -0.4 is 24.8 Å². The minimum absolute atomic E-state index is 0.133. The molecule has 0 aliphatic heterocycles. The molecule has 0 aromatic heterocycles. The van der Waals surface area contributed by atoms with Crippen LogP contribution in [0.3, 0.4) is 0 Å². The van der Waals surface area contributed by atoms with Crippen molar-refractivity contribution in [2.24, 2.45) is 5.41 Å². The molecule has 0 spiro atoms. The predicted molar refractivity (Wildman–Crippen MR) is 123 cm³/mol. The smallest absolute Gasteiger partial charge is 0.338 e. The highest BCUT2D eigenvalue weighted by atomic mass is 16.5. The van der Waals surface area contributed by atoms with E-state index in [9.17, 15) is 14.4 Å². The molecule has 0 aliphatic rings. The van der Waals surface area contributed by atoms with Crippen LogP contribution in [-0.4, -0.2) is 45.7 Å². The molecule has 0 atom stereocenters. The maximum Gasteiger partial charge on any atom is 0.338 e. The maximum atomic E-state index is 12.3. The largest absolute Gasteiger partial charge is 0.496 e. The number of hydrogen-bond acceptors (Lipinski definition) is 7. The molecule has 0 aliphatic carbocycles. The molecule has 0 bridgehead atoms. The van der Waals surface area contributed by atoms with Crippen LogP contribution in [0.2, 0.25) is 0 Å². The number of anilines is 1. The average molecular weight is 459 g/mol. The van der Waals surface area contributed by atoms with E-state index in [1.165, 1.54) is 27.4 Å². The molecule has 33 heavy (non-hydrogen) atoms. The molecule has 2 aromatic rings. The Morgan fingerprint density at radius 2 is 1.52 bits per heavy atom. The van der Waals surface area contributed by atoms with Crippen molar-refractivity contribution in [3.05, 3.63) is 47.5 Å². The Balaban J connectivity index is 1.95. The molecular formula is C24H30N2O7. The van der Waals surface area contributed by atoms with Crippen LogP contribution in [0.25, 0.3) is 0 Å². The molecular weight excluding hydrogens is 428 g/mol. The van der Waals surface area contributed by atoms with E-state index in [1.807, 2.05) is 0 Å². The fourth-order valence-electron chi connectivity index (χ4n) is 2.73. The minimum Gasteiger partial charge on any atom is -0.496 e. The third kappa shape index (κ3) is 7.13. The van der Waals surface area contributed by atoms with E-state index in [0.29, 0.717) is 28.5 Å². The summed E-state index contributed by atoms with van der Waals surface area (Å²) < 4.78 is 21.0. The fourth-order valence-corrected chi connectivity index (χ4v) is 2.73. The number of ether oxygens (including phenoxy) is 4. The van der Waals surface area contributed by atoms with Crippen molar-refractivity contribution in [3.63, 3.8) is 0 Å². The standard InChI is InChI=1S/C24H30N2O7/c1-24(2,3)23(29)26-17-9-7-8-15(10-17)22(28)33-14-21(27)25-13-16-11-19(31-5)20(32-6)12-18(16)30-4/h7-12H,13-14H2,1-6H3,(H,25,27)(H,26,29). The second kappa shape index (κ2) is 11.2. The zero-order valence-corrected chi connectivity index (χ0v) is 19.7. The topological polar surface area (TPSA) is 112 Å².